The Bertz CT molecular complexity index is 647. The predicted octanol–water partition coefficient (Wildman–Crippen LogP) is 5.42. The van der Waals surface area contributed by atoms with Crippen LogP contribution < -0.4 is 4.74 Å². The van der Waals surface area contributed by atoms with Crippen molar-refractivity contribution in [2.24, 2.45) is 0 Å². The minimum absolute atomic E-state index is 0.0881. The van der Waals surface area contributed by atoms with E-state index in [1.807, 2.05) is 12.1 Å². The molecule has 0 aliphatic carbocycles. The fraction of sp³-hybridized carbons (Fsp3) is 0.143. The van der Waals surface area contributed by atoms with E-state index in [1.165, 1.54) is 5.56 Å². The van der Waals surface area contributed by atoms with Crippen molar-refractivity contribution in [2.45, 2.75) is 19.4 Å². The summed E-state index contributed by atoms with van der Waals surface area (Å²) < 4.78 is 6.29. The molecule has 0 unspecified atom stereocenters. The van der Waals surface area contributed by atoms with Crippen LogP contribution in [-0.2, 0) is 6.42 Å². The lowest BCUT2D eigenvalue weighted by molar-refractivity contribution is 0.247. The van der Waals surface area contributed by atoms with E-state index in [2.05, 4.69) is 79.7 Å². The molecular weight excluding hydrogens is 268 g/mol. The number of hydrogen-bond acceptors (Lipinski definition) is 1. The number of ether oxygens (including phenoxy) is 1. The molecule has 0 saturated heterocycles. The third kappa shape index (κ3) is 3.37. The van der Waals surface area contributed by atoms with Crippen LogP contribution in [0.4, 0.5) is 0 Å². The van der Waals surface area contributed by atoms with Crippen LogP contribution in [0.1, 0.15) is 29.7 Å². The maximum absolute atomic E-state index is 6.29. The van der Waals surface area contributed by atoms with Gasteiger partial charge in [-0.05, 0) is 35.2 Å². The van der Waals surface area contributed by atoms with Gasteiger partial charge < -0.3 is 4.74 Å². The van der Waals surface area contributed by atoms with Gasteiger partial charge in [0, 0.05) is 0 Å². The van der Waals surface area contributed by atoms with Crippen LogP contribution >= 0.6 is 0 Å². The van der Waals surface area contributed by atoms with Gasteiger partial charge in [0.1, 0.15) is 11.9 Å². The highest BCUT2D eigenvalue weighted by atomic mass is 16.5. The molecule has 0 aromatic heterocycles. The fourth-order valence-electron chi connectivity index (χ4n) is 2.52. The standard InChI is InChI=1S/C21H20O/c1-2-17-13-15-20(16-14-17)22-21(18-9-5-3-6-10-18)19-11-7-4-8-12-19/h3-16,21H,2H2,1H3. The summed E-state index contributed by atoms with van der Waals surface area (Å²) in [5.41, 5.74) is 3.64. The average molecular weight is 288 g/mol. The second-order valence-corrected chi connectivity index (χ2v) is 5.32. The SMILES string of the molecule is CCc1ccc(OC(c2ccccc2)c2ccccc2)cc1. The van der Waals surface area contributed by atoms with E-state index < -0.39 is 0 Å². The quantitative estimate of drug-likeness (QED) is 0.609. The summed E-state index contributed by atoms with van der Waals surface area (Å²) in [4.78, 5) is 0. The predicted molar refractivity (Wildman–Crippen MR) is 91.2 cm³/mol. The Morgan fingerprint density at radius 1 is 0.682 bits per heavy atom. The zero-order valence-corrected chi connectivity index (χ0v) is 12.8. The van der Waals surface area contributed by atoms with Gasteiger partial charge in [-0.3, -0.25) is 0 Å². The van der Waals surface area contributed by atoms with Gasteiger partial charge in [0.25, 0.3) is 0 Å². The normalized spacial score (nSPS) is 10.6. The van der Waals surface area contributed by atoms with Crippen molar-refractivity contribution in [2.75, 3.05) is 0 Å². The first kappa shape index (κ1) is 14.4. The maximum Gasteiger partial charge on any atom is 0.149 e. The molecular formula is C21H20O. The molecule has 0 aliphatic rings. The first-order chi connectivity index (χ1) is 10.9. The zero-order chi connectivity index (χ0) is 15.2. The first-order valence-electron chi connectivity index (χ1n) is 7.72. The topological polar surface area (TPSA) is 9.23 Å². The largest absolute Gasteiger partial charge is 0.481 e. The summed E-state index contributed by atoms with van der Waals surface area (Å²) in [7, 11) is 0. The molecule has 3 aromatic carbocycles. The van der Waals surface area contributed by atoms with E-state index in [0.717, 1.165) is 23.3 Å². The smallest absolute Gasteiger partial charge is 0.149 e. The van der Waals surface area contributed by atoms with Crippen molar-refractivity contribution >= 4 is 0 Å². The molecule has 0 spiro atoms. The summed E-state index contributed by atoms with van der Waals surface area (Å²) in [5.74, 6) is 0.898. The second kappa shape index (κ2) is 6.95. The molecule has 1 nitrogen and oxygen atoms in total. The lowest BCUT2D eigenvalue weighted by Crippen LogP contribution is -2.09. The van der Waals surface area contributed by atoms with Crippen molar-refractivity contribution in [3.8, 4) is 5.75 Å². The molecule has 0 bridgehead atoms. The van der Waals surface area contributed by atoms with Gasteiger partial charge in [-0.25, -0.2) is 0 Å². The Balaban J connectivity index is 1.91. The summed E-state index contributed by atoms with van der Waals surface area (Å²) in [6.45, 7) is 2.16. The number of aryl methyl sites for hydroxylation is 1. The Hall–Kier alpha value is -2.54. The Morgan fingerprint density at radius 3 is 1.64 bits per heavy atom. The summed E-state index contributed by atoms with van der Waals surface area (Å²) in [6.07, 6.45) is 0.955. The Labute approximate surface area is 132 Å². The molecule has 22 heavy (non-hydrogen) atoms. The van der Waals surface area contributed by atoms with E-state index in [1.54, 1.807) is 0 Å². The molecule has 0 atom stereocenters. The highest BCUT2D eigenvalue weighted by molar-refractivity contribution is 5.34. The van der Waals surface area contributed by atoms with E-state index in [4.69, 9.17) is 4.74 Å². The van der Waals surface area contributed by atoms with E-state index in [0.29, 0.717) is 0 Å². The summed E-state index contributed by atoms with van der Waals surface area (Å²) >= 11 is 0. The monoisotopic (exact) mass is 288 g/mol. The van der Waals surface area contributed by atoms with Crippen molar-refractivity contribution in [3.05, 3.63) is 102 Å². The van der Waals surface area contributed by atoms with Crippen LogP contribution in [-0.4, -0.2) is 0 Å². The lowest BCUT2D eigenvalue weighted by Gasteiger charge is -2.20. The van der Waals surface area contributed by atoms with Crippen molar-refractivity contribution in [1.82, 2.24) is 0 Å². The van der Waals surface area contributed by atoms with Crippen LogP contribution in [0.15, 0.2) is 84.9 Å². The molecule has 3 aromatic rings. The van der Waals surface area contributed by atoms with Crippen LogP contribution in [0.3, 0.4) is 0 Å². The highest BCUT2D eigenvalue weighted by Gasteiger charge is 2.15. The lowest BCUT2D eigenvalue weighted by atomic mass is 10.0. The van der Waals surface area contributed by atoms with Gasteiger partial charge >= 0.3 is 0 Å². The molecule has 3 rings (SSSR count). The van der Waals surface area contributed by atoms with Crippen molar-refractivity contribution < 1.29 is 4.74 Å². The molecule has 1 heteroatoms. The molecule has 0 fully saturated rings. The average Bonchev–Trinajstić information content (AvgIpc) is 2.62. The van der Waals surface area contributed by atoms with Gasteiger partial charge in [0.2, 0.25) is 0 Å². The minimum atomic E-state index is -0.0881. The zero-order valence-electron chi connectivity index (χ0n) is 12.8. The second-order valence-electron chi connectivity index (χ2n) is 5.32. The van der Waals surface area contributed by atoms with Crippen molar-refractivity contribution in [1.29, 1.82) is 0 Å². The molecule has 110 valence electrons. The van der Waals surface area contributed by atoms with E-state index >= 15 is 0 Å². The van der Waals surface area contributed by atoms with Gasteiger partial charge in [0.05, 0.1) is 0 Å². The van der Waals surface area contributed by atoms with E-state index in [-0.39, 0.29) is 6.10 Å². The van der Waals surface area contributed by atoms with Gasteiger partial charge in [0.15, 0.2) is 0 Å². The molecule has 0 N–H and O–H groups in total. The molecule has 0 radical (unpaired) electrons. The minimum Gasteiger partial charge on any atom is -0.481 e. The highest BCUT2D eigenvalue weighted by Crippen LogP contribution is 2.28. The van der Waals surface area contributed by atoms with Crippen LogP contribution in [0.25, 0.3) is 0 Å². The van der Waals surface area contributed by atoms with Gasteiger partial charge in [-0.2, -0.15) is 0 Å². The molecule has 0 saturated carbocycles. The molecule has 0 heterocycles. The number of rotatable bonds is 5. The van der Waals surface area contributed by atoms with Gasteiger partial charge in [-0.15, -0.1) is 0 Å². The maximum atomic E-state index is 6.29. The molecule has 0 aliphatic heterocycles. The third-order valence-electron chi connectivity index (χ3n) is 3.79. The summed E-state index contributed by atoms with van der Waals surface area (Å²) in [5, 5.41) is 0. The first-order valence-corrected chi connectivity index (χ1v) is 7.72. The molecule has 0 amide bonds. The number of hydrogen-bond donors (Lipinski definition) is 0. The fourth-order valence-corrected chi connectivity index (χ4v) is 2.52. The summed E-state index contributed by atoms with van der Waals surface area (Å²) in [6, 6.07) is 29.1. The van der Waals surface area contributed by atoms with Crippen LogP contribution in [0, 0.1) is 0 Å². The Morgan fingerprint density at radius 2 is 1.18 bits per heavy atom. The van der Waals surface area contributed by atoms with Crippen LogP contribution in [0.2, 0.25) is 0 Å². The Kier molecular flexibility index (Phi) is 4.55. The number of benzene rings is 3. The third-order valence-corrected chi connectivity index (χ3v) is 3.79. The van der Waals surface area contributed by atoms with Crippen molar-refractivity contribution in [3.63, 3.8) is 0 Å². The van der Waals surface area contributed by atoms with Gasteiger partial charge in [-0.1, -0.05) is 79.7 Å². The van der Waals surface area contributed by atoms with E-state index in [9.17, 15) is 0 Å². The van der Waals surface area contributed by atoms with Crippen LogP contribution in [0.5, 0.6) is 5.75 Å².